The van der Waals surface area contributed by atoms with Gasteiger partial charge in [-0.3, -0.25) is 4.79 Å². The highest BCUT2D eigenvalue weighted by molar-refractivity contribution is 9.10. The number of ketones is 1. The van der Waals surface area contributed by atoms with Crippen LogP contribution < -0.4 is 0 Å². The summed E-state index contributed by atoms with van der Waals surface area (Å²) in [6.45, 7) is 2.07. The van der Waals surface area contributed by atoms with Crippen molar-refractivity contribution in [3.63, 3.8) is 0 Å². The van der Waals surface area contributed by atoms with Crippen LogP contribution in [0.3, 0.4) is 0 Å². The zero-order chi connectivity index (χ0) is 10.8. The van der Waals surface area contributed by atoms with Crippen LogP contribution in [0.25, 0.3) is 0 Å². The van der Waals surface area contributed by atoms with E-state index in [0.717, 1.165) is 19.3 Å². The van der Waals surface area contributed by atoms with Gasteiger partial charge in [0.1, 0.15) is 5.78 Å². The number of hydrogen-bond donors (Lipinski definition) is 0. The highest BCUT2D eigenvalue weighted by atomic mass is 79.9. The van der Waals surface area contributed by atoms with E-state index < -0.39 is 0 Å². The van der Waals surface area contributed by atoms with E-state index in [1.165, 1.54) is 11.1 Å². The van der Waals surface area contributed by atoms with E-state index in [9.17, 15) is 4.79 Å². The van der Waals surface area contributed by atoms with Gasteiger partial charge in [0.05, 0.1) is 4.83 Å². The molecule has 15 heavy (non-hydrogen) atoms. The maximum Gasteiger partial charge on any atom is 0.149 e. The molecule has 0 heterocycles. The third kappa shape index (κ3) is 2.91. The number of carbonyl (C=O) groups excluding carboxylic acids is 1. The van der Waals surface area contributed by atoms with E-state index >= 15 is 0 Å². The Bertz CT molecular complexity index is 351. The number of alkyl halides is 1. The van der Waals surface area contributed by atoms with Crippen molar-refractivity contribution in [1.29, 1.82) is 0 Å². The number of Topliss-reactive ketones (excluding diaryl/α,β-unsaturated/α-hetero) is 1. The van der Waals surface area contributed by atoms with E-state index in [2.05, 4.69) is 47.1 Å². The molecular weight excluding hydrogens is 252 g/mol. The minimum absolute atomic E-state index is 0.00714. The Morgan fingerprint density at radius 1 is 1.40 bits per heavy atom. The molecule has 0 amide bonds. The number of aryl methyl sites for hydroxylation is 1. The summed E-state index contributed by atoms with van der Waals surface area (Å²) < 4.78 is 0. The van der Waals surface area contributed by atoms with Gasteiger partial charge in [-0.05, 0) is 31.7 Å². The average molecular weight is 267 g/mol. The van der Waals surface area contributed by atoms with Crippen LogP contribution in [-0.4, -0.2) is 10.6 Å². The van der Waals surface area contributed by atoms with Gasteiger partial charge in [0.25, 0.3) is 0 Å². The molecule has 2 rings (SSSR count). The number of carbonyl (C=O) groups is 1. The summed E-state index contributed by atoms with van der Waals surface area (Å²) in [6, 6.07) is 8.39. The van der Waals surface area contributed by atoms with E-state index in [1.54, 1.807) is 0 Å². The maximum absolute atomic E-state index is 11.7. The molecule has 0 spiro atoms. The molecule has 1 aromatic carbocycles. The highest BCUT2D eigenvalue weighted by Gasteiger charge is 2.33. The van der Waals surface area contributed by atoms with E-state index in [1.807, 2.05) is 0 Å². The zero-order valence-corrected chi connectivity index (χ0v) is 10.5. The quantitative estimate of drug-likeness (QED) is 0.765. The number of benzene rings is 1. The molecule has 0 bridgehead atoms. The van der Waals surface area contributed by atoms with Gasteiger partial charge in [-0.2, -0.15) is 0 Å². The third-order valence-electron chi connectivity index (χ3n) is 2.82. The Labute approximate surface area is 99.0 Å². The molecule has 1 aromatic rings. The predicted octanol–water partition coefficient (Wildman–Crippen LogP) is 3.28. The largest absolute Gasteiger partial charge is 0.298 e. The lowest BCUT2D eigenvalue weighted by molar-refractivity contribution is -0.119. The molecule has 0 N–H and O–H groups in total. The average Bonchev–Trinajstić information content (AvgIpc) is 3.04. The van der Waals surface area contributed by atoms with Gasteiger partial charge in [0, 0.05) is 5.92 Å². The summed E-state index contributed by atoms with van der Waals surface area (Å²) in [6.07, 6.45) is 3.00. The third-order valence-corrected chi connectivity index (χ3v) is 3.60. The van der Waals surface area contributed by atoms with Crippen molar-refractivity contribution >= 4 is 21.7 Å². The van der Waals surface area contributed by atoms with E-state index in [-0.39, 0.29) is 4.83 Å². The molecule has 1 fully saturated rings. The lowest BCUT2D eigenvalue weighted by atomic mass is 10.0. The zero-order valence-electron chi connectivity index (χ0n) is 8.87. The lowest BCUT2D eigenvalue weighted by Gasteiger charge is -2.08. The van der Waals surface area contributed by atoms with Crippen LogP contribution in [0.1, 0.15) is 24.0 Å². The van der Waals surface area contributed by atoms with Crippen LogP contribution in [0, 0.1) is 12.8 Å². The molecular formula is C13H15BrO. The van der Waals surface area contributed by atoms with Crippen molar-refractivity contribution in [3.8, 4) is 0 Å². The van der Waals surface area contributed by atoms with Crippen molar-refractivity contribution in [2.75, 3.05) is 0 Å². The first kappa shape index (κ1) is 10.9. The number of hydrogen-bond acceptors (Lipinski definition) is 1. The molecule has 1 nitrogen and oxygen atoms in total. The maximum atomic E-state index is 11.7. The highest BCUT2D eigenvalue weighted by Crippen LogP contribution is 2.33. The monoisotopic (exact) mass is 266 g/mol. The molecule has 1 aliphatic carbocycles. The minimum Gasteiger partial charge on any atom is -0.298 e. The first-order valence-electron chi connectivity index (χ1n) is 5.40. The van der Waals surface area contributed by atoms with Gasteiger partial charge < -0.3 is 0 Å². The fraction of sp³-hybridized carbons (Fsp3) is 0.462. The molecule has 1 unspecified atom stereocenters. The Morgan fingerprint density at radius 3 is 2.53 bits per heavy atom. The normalized spacial score (nSPS) is 17.5. The van der Waals surface area contributed by atoms with Gasteiger partial charge in [-0.15, -0.1) is 0 Å². The van der Waals surface area contributed by atoms with Crippen molar-refractivity contribution < 1.29 is 4.79 Å². The van der Waals surface area contributed by atoms with Gasteiger partial charge in [0.15, 0.2) is 0 Å². The van der Waals surface area contributed by atoms with Gasteiger partial charge in [-0.25, -0.2) is 0 Å². The molecule has 0 aliphatic heterocycles. The Balaban J connectivity index is 1.95. The molecule has 1 aliphatic rings. The van der Waals surface area contributed by atoms with Crippen molar-refractivity contribution in [3.05, 3.63) is 35.4 Å². The summed E-state index contributed by atoms with van der Waals surface area (Å²) in [4.78, 5) is 11.7. The Morgan fingerprint density at radius 2 is 2.00 bits per heavy atom. The minimum atomic E-state index is 0.00714. The van der Waals surface area contributed by atoms with Crippen LogP contribution in [0.15, 0.2) is 24.3 Å². The summed E-state index contributed by atoms with van der Waals surface area (Å²) in [5, 5.41) is 0. The van der Waals surface area contributed by atoms with Gasteiger partial charge in [0.2, 0.25) is 0 Å². The van der Waals surface area contributed by atoms with Crippen molar-refractivity contribution in [2.24, 2.45) is 5.92 Å². The van der Waals surface area contributed by atoms with Crippen LogP contribution in [0.5, 0.6) is 0 Å². The molecule has 1 atom stereocenters. The van der Waals surface area contributed by atoms with Crippen LogP contribution >= 0.6 is 15.9 Å². The van der Waals surface area contributed by atoms with E-state index in [0.29, 0.717) is 11.7 Å². The summed E-state index contributed by atoms with van der Waals surface area (Å²) in [5.74, 6) is 0.732. The molecule has 0 aromatic heterocycles. The van der Waals surface area contributed by atoms with Crippen LogP contribution in [0.4, 0.5) is 0 Å². The second kappa shape index (κ2) is 4.48. The molecule has 80 valence electrons. The van der Waals surface area contributed by atoms with Crippen LogP contribution in [-0.2, 0) is 11.2 Å². The Hall–Kier alpha value is -0.630. The van der Waals surface area contributed by atoms with Crippen molar-refractivity contribution in [2.45, 2.75) is 31.0 Å². The second-order valence-corrected chi connectivity index (χ2v) is 5.44. The first-order valence-corrected chi connectivity index (χ1v) is 6.32. The van der Waals surface area contributed by atoms with Gasteiger partial charge >= 0.3 is 0 Å². The lowest BCUT2D eigenvalue weighted by Crippen LogP contribution is -2.18. The fourth-order valence-corrected chi connectivity index (χ4v) is 2.40. The second-order valence-electron chi connectivity index (χ2n) is 4.33. The molecule has 0 saturated heterocycles. The summed E-state index contributed by atoms with van der Waals surface area (Å²) >= 11 is 3.49. The topological polar surface area (TPSA) is 17.1 Å². The first-order chi connectivity index (χ1) is 7.16. The SMILES string of the molecule is Cc1ccc(CC(Br)C(=O)C2CC2)cc1. The number of halogens is 1. The standard InChI is InChI=1S/C13H15BrO/c1-9-2-4-10(5-3-9)8-12(14)13(15)11-6-7-11/h2-5,11-12H,6-8H2,1H3. The summed E-state index contributed by atoms with van der Waals surface area (Å²) in [7, 11) is 0. The molecule has 0 radical (unpaired) electrons. The van der Waals surface area contributed by atoms with Crippen molar-refractivity contribution in [1.82, 2.24) is 0 Å². The number of rotatable bonds is 4. The summed E-state index contributed by atoms with van der Waals surface area (Å²) in [5.41, 5.74) is 2.50. The Kier molecular flexibility index (Phi) is 3.25. The predicted molar refractivity (Wildman–Crippen MR) is 65.3 cm³/mol. The van der Waals surface area contributed by atoms with Gasteiger partial charge in [-0.1, -0.05) is 45.8 Å². The smallest absolute Gasteiger partial charge is 0.149 e. The molecule has 1 saturated carbocycles. The van der Waals surface area contributed by atoms with E-state index in [4.69, 9.17) is 0 Å². The van der Waals surface area contributed by atoms with Crippen LogP contribution in [0.2, 0.25) is 0 Å². The molecule has 2 heteroatoms. The fourth-order valence-electron chi connectivity index (χ4n) is 1.66.